The van der Waals surface area contributed by atoms with Crippen molar-refractivity contribution in [1.82, 2.24) is 0 Å². The Balaban J connectivity index is 2.11. The average molecular weight is 264 g/mol. The minimum Gasteiger partial charge on any atom is -0.459 e. The lowest BCUT2D eigenvalue weighted by molar-refractivity contribution is -0.156. The number of rotatable bonds is 2. The number of hydrogen-bond donors (Lipinski definition) is 0. The van der Waals surface area contributed by atoms with Gasteiger partial charge in [0.25, 0.3) is 0 Å². The number of carbonyl (C=O) groups is 2. The molecule has 0 aromatic heterocycles. The van der Waals surface area contributed by atoms with Crippen molar-refractivity contribution in [2.45, 2.75) is 64.9 Å². The molecule has 1 aliphatic heterocycles. The molecule has 3 rings (SSSR count). The van der Waals surface area contributed by atoms with Crippen LogP contribution >= 0.6 is 0 Å². The minimum absolute atomic E-state index is 0.0166. The van der Waals surface area contributed by atoms with E-state index in [1.54, 1.807) is 0 Å². The first-order valence-electron chi connectivity index (χ1n) is 7.54. The van der Waals surface area contributed by atoms with Gasteiger partial charge >= 0.3 is 5.97 Å². The van der Waals surface area contributed by atoms with E-state index in [1.807, 2.05) is 6.92 Å². The van der Waals surface area contributed by atoms with Gasteiger partial charge in [-0.1, -0.05) is 20.3 Å². The lowest BCUT2D eigenvalue weighted by Gasteiger charge is -2.55. The number of fused-ring (bicyclic) bond motifs is 1. The summed E-state index contributed by atoms with van der Waals surface area (Å²) >= 11 is 0. The zero-order valence-corrected chi connectivity index (χ0v) is 12.2. The van der Waals surface area contributed by atoms with Crippen molar-refractivity contribution in [3.63, 3.8) is 0 Å². The molecule has 3 aliphatic rings. The Morgan fingerprint density at radius 3 is 2.68 bits per heavy atom. The van der Waals surface area contributed by atoms with E-state index in [0.717, 1.165) is 32.0 Å². The van der Waals surface area contributed by atoms with Crippen LogP contribution in [-0.2, 0) is 14.3 Å². The highest BCUT2D eigenvalue weighted by molar-refractivity contribution is 5.82. The van der Waals surface area contributed by atoms with E-state index >= 15 is 0 Å². The van der Waals surface area contributed by atoms with Gasteiger partial charge in [0.1, 0.15) is 11.9 Å². The fourth-order valence-electron chi connectivity index (χ4n) is 5.47. The predicted molar refractivity (Wildman–Crippen MR) is 71.5 cm³/mol. The monoisotopic (exact) mass is 264 g/mol. The molecule has 3 nitrogen and oxygen atoms in total. The number of aldehydes is 1. The van der Waals surface area contributed by atoms with E-state index < -0.39 is 5.60 Å². The molecule has 3 fully saturated rings. The maximum Gasteiger partial charge on any atom is 0.313 e. The summed E-state index contributed by atoms with van der Waals surface area (Å²) in [5, 5.41) is 0. The van der Waals surface area contributed by atoms with Crippen LogP contribution in [0.4, 0.5) is 0 Å². The van der Waals surface area contributed by atoms with Crippen LogP contribution in [0, 0.1) is 22.7 Å². The summed E-state index contributed by atoms with van der Waals surface area (Å²) in [6, 6.07) is 0. The van der Waals surface area contributed by atoms with Gasteiger partial charge in [-0.3, -0.25) is 4.79 Å². The van der Waals surface area contributed by atoms with Crippen LogP contribution in [0.1, 0.15) is 59.3 Å². The van der Waals surface area contributed by atoms with Gasteiger partial charge in [-0.15, -0.1) is 0 Å². The molecule has 0 aromatic rings. The van der Waals surface area contributed by atoms with Gasteiger partial charge < -0.3 is 9.53 Å². The Morgan fingerprint density at radius 1 is 1.26 bits per heavy atom. The van der Waals surface area contributed by atoms with Crippen LogP contribution in [0.15, 0.2) is 0 Å². The van der Waals surface area contributed by atoms with Gasteiger partial charge in [-0.25, -0.2) is 0 Å². The second-order valence-corrected chi connectivity index (χ2v) is 7.63. The Labute approximate surface area is 115 Å². The zero-order chi connectivity index (χ0) is 13.9. The smallest absolute Gasteiger partial charge is 0.313 e. The molecule has 0 N–H and O–H groups in total. The molecule has 1 saturated heterocycles. The fraction of sp³-hybridized carbons (Fsp3) is 0.875. The van der Waals surface area contributed by atoms with Crippen molar-refractivity contribution in [2.24, 2.45) is 22.7 Å². The van der Waals surface area contributed by atoms with E-state index in [-0.39, 0.29) is 22.7 Å². The molecule has 19 heavy (non-hydrogen) atoms. The van der Waals surface area contributed by atoms with Crippen LogP contribution in [0.5, 0.6) is 0 Å². The minimum atomic E-state index is -0.401. The van der Waals surface area contributed by atoms with Crippen molar-refractivity contribution in [2.75, 3.05) is 0 Å². The molecular formula is C16H24O3. The molecule has 3 heteroatoms. The Morgan fingerprint density at radius 2 is 2.00 bits per heavy atom. The third-order valence-corrected chi connectivity index (χ3v) is 6.30. The van der Waals surface area contributed by atoms with Crippen molar-refractivity contribution in [3.05, 3.63) is 0 Å². The summed E-state index contributed by atoms with van der Waals surface area (Å²) < 4.78 is 5.79. The summed E-state index contributed by atoms with van der Waals surface area (Å²) in [5.74, 6) is 0.447. The second-order valence-electron chi connectivity index (χ2n) is 7.63. The molecule has 2 aliphatic carbocycles. The van der Waals surface area contributed by atoms with Crippen molar-refractivity contribution < 1.29 is 14.3 Å². The standard InChI is InChI=1S/C16H24O3/c1-14(2)7-4-8-16-11(14)5-9-15(3,19-13(16)18)12(16)6-10-17/h10-12H,4-9H2,1-3H3/t11-,12-,15-,16+/m0/s1. The normalized spacial score (nSPS) is 47.4. The molecule has 2 bridgehead atoms. The largest absolute Gasteiger partial charge is 0.459 e. The van der Waals surface area contributed by atoms with Crippen molar-refractivity contribution in [3.8, 4) is 0 Å². The topological polar surface area (TPSA) is 43.4 Å². The highest BCUT2D eigenvalue weighted by Crippen LogP contribution is 2.67. The SMILES string of the molecule is CC1(C)CCC[C@@]23C(=O)O[C@@](C)(CC[C@@H]12)[C@@H]3CC=O. The highest BCUT2D eigenvalue weighted by atomic mass is 16.6. The molecule has 1 spiro atoms. The van der Waals surface area contributed by atoms with Crippen LogP contribution in [0.25, 0.3) is 0 Å². The third kappa shape index (κ3) is 1.50. The maximum absolute atomic E-state index is 12.7. The van der Waals surface area contributed by atoms with Crippen molar-refractivity contribution >= 4 is 12.3 Å². The number of carbonyl (C=O) groups excluding carboxylic acids is 2. The Kier molecular flexibility index (Phi) is 2.65. The summed E-state index contributed by atoms with van der Waals surface area (Å²) in [6.45, 7) is 6.60. The molecule has 0 radical (unpaired) electrons. The molecule has 2 saturated carbocycles. The average Bonchev–Trinajstić information content (AvgIpc) is 2.43. The van der Waals surface area contributed by atoms with E-state index in [2.05, 4.69) is 13.8 Å². The van der Waals surface area contributed by atoms with Crippen LogP contribution in [0.3, 0.4) is 0 Å². The van der Waals surface area contributed by atoms with Crippen molar-refractivity contribution in [1.29, 1.82) is 0 Å². The molecule has 0 aromatic carbocycles. The quantitative estimate of drug-likeness (QED) is 0.568. The van der Waals surface area contributed by atoms with Gasteiger partial charge in [0.2, 0.25) is 0 Å². The van der Waals surface area contributed by atoms with Gasteiger partial charge in [-0.2, -0.15) is 0 Å². The predicted octanol–water partition coefficient (Wildman–Crippen LogP) is 3.11. The highest BCUT2D eigenvalue weighted by Gasteiger charge is 2.70. The van der Waals surface area contributed by atoms with Gasteiger partial charge in [-0.05, 0) is 43.9 Å². The summed E-state index contributed by atoms with van der Waals surface area (Å²) in [7, 11) is 0. The summed E-state index contributed by atoms with van der Waals surface area (Å²) in [5.41, 5.74) is -0.596. The maximum atomic E-state index is 12.7. The molecule has 106 valence electrons. The molecular weight excluding hydrogens is 240 g/mol. The second kappa shape index (κ2) is 3.83. The first-order valence-corrected chi connectivity index (χ1v) is 7.54. The Bertz CT molecular complexity index is 428. The number of ether oxygens (including phenoxy) is 1. The summed E-state index contributed by atoms with van der Waals surface area (Å²) in [6.07, 6.45) is 6.58. The van der Waals surface area contributed by atoms with Gasteiger partial charge in [0, 0.05) is 12.3 Å². The third-order valence-electron chi connectivity index (χ3n) is 6.30. The fourth-order valence-corrected chi connectivity index (χ4v) is 5.47. The van der Waals surface area contributed by atoms with Gasteiger partial charge in [0.15, 0.2) is 0 Å². The molecule has 4 atom stereocenters. The van der Waals surface area contributed by atoms with E-state index in [1.165, 1.54) is 6.42 Å². The molecule has 0 amide bonds. The zero-order valence-electron chi connectivity index (χ0n) is 12.2. The van der Waals surface area contributed by atoms with E-state index in [4.69, 9.17) is 4.74 Å². The lowest BCUT2D eigenvalue weighted by atomic mass is 9.46. The molecule has 0 unspecified atom stereocenters. The first-order chi connectivity index (χ1) is 8.87. The van der Waals surface area contributed by atoms with Crippen LogP contribution in [-0.4, -0.2) is 17.9 Å². The molecule has 1 heterocycles. The lowest BCUT2D eigenvalue weighted by Crippen LogP contribution is -2.55. The summed E-state index contributed by atoms with van der Waals surface area (Å²) in [4.78, 5) is 23.8. The first kappa shape index (κ1) is 13.1. The van der Waals surface area contributed by atoms with Crippen LogP contribution in [0.2, 0.25) is 0 Å². The Hall–Kier alpha value is -0.860. The number of esters is 1. The van der Waals surface area contributed by atoms with Gasteiger partial charge in [0.05, 0.1) is 5.41 Å². The van der Waals surface area contributed by atoms with E-state index in [9.17, 15) is 9.59 Å². The van der Waals surface area contributed by atoms with E-state index in [0.29, 0.717) is 12.3 Å². The van der Waals surface area contributed by atoms with Crippen LogP contribution < -0.4 is 0 Å². The number of hydrogen-bond acceptors (Lipinski definition) is 3.